The van der Waals surface area contributed by atoms with E-state index in [-0.39, 0.29) is 24.0 Å². The predicted molar refractivity (Wildman–Crippen MR) is 94.6 cm³/mol. The van der Waals surface area contributed by atoms with Crippen LogP contribution in [0.15, 0.2) is 36.4 Å². The number of hydrogen-bond donors (Lipinski definition) is 1. The second-order valence-corrected chi connectivity index (χ2v) is 6.78. The number of hydrogen-bond acceptors (Lipinski definition) is 5. The molecule has 28 heavy (non-hydrogen) atoms. The Morgan fingerprint density at radius 1 is 1.07 bits per heavy atom. The van der Waals surface area contributed by atoms with Crippen LogP contribution in [-0.4, -0.2) is 42.6 Å². The first kappa shape index (κ1) is 18.2. The zero-order valence-corrected chi connectivity index (χ0v) is 14.8. The van der Waals surface area contributed by atoms with Crippen molar-refractivity contribution in [1.29, 1.82) is 5.26 Å². The first-order valence-electron chi connectivity index (χ1n) is 8.83. The number of carbonyl (C=O) groups is 1. The minimum Gasteiger partial charge on any atom is -0.478 e. The Labute approximate surface area is 160 Å². The van der Waals surface area contributed by atoms with Gasteiger partial charge in [0.15, 0.2) is 11.6 Å². The molecule has 1 N–H and O–H groups in total. The average Bonchev–Trinajstić information content (AvgIpc) is 3.09. The van der Waals surface area contributed by atoms with Gasteiger partial charge < -0.3 is 14.8 Å². The van der Waals surface area contributed by atoms with E-state index in [2.05, 4.69) is 5.32 Å². The number of nitriles is 1. The van der Waals surface area contributed by atoms with Crippen molar-refractivity contribution in [2.24, 2.45) is 0 Å². The zero-order valence-electron chi connectivity index (χ0n) is 14.8. The van der Waals surface area contributed by atoms with Crippen molar-refractivity contribution in [2.45, 2.75) is 18.8 Å². The lowest BCUT2D eigenvalue weighted by Crippen LogP contribution is -2.39. The van der Waals surface area contributed by atoms with E-state index in [9.17, 15) is 13.6 Å². The Hall–Kier alpha value is -3.18. The van der Waals surface area contributed by atoms with Gasteiger partial charge in [-0.1, -0.05) is 12.1 Å². The molecule has 1 saturated heterocycles. The Balaban J connectivity index is 1.31. The summed E-state index contributed by atoms with van der Waals surface area (Å²) in [6.07, 6.45) is -0.926. The first-order chi connectivity index (χ1) is 13.5. The van der Waals surface area contributed by atoms with E-state index < -0.39 is 23.8 Å². The van der Waals surface area contributed by atoms with Crippen LogP contribution >= 0.6 is 0 Å². The molecule has 144 valence electrons. The van der Waals surface area contributed by atoms with Crippen LogP contribution in [0.4, 0.5) is 8.78 Å². The fourth-order valence-electron chi connectivity index (χ4n) is 3.37. The van der Waals surface area contributed by atoms with Crippen molar-refractivity contribution in [2.75, 3.05) is 19.6 Å². The van der Waals surface area contributed by atoms with Crippen LogP contribution in [-0.2, 0) is 11.3 Å². The molecule has 0 unspecified atom stereocenters. The van der Waals surface area contributed by atoms with Crippen LogP contribution < -0.4 is 14.8 Å². The van der Waals surface area contributed by atoms with Gasteiger partial charge in [0.1, 0.15) is 12.2 Å². The highest BCUT2D eigenvalue weighted by Gasteiger charge is 2.42. The maximum Gasteiger partial charge on any atom is 0.234 e. The van der Waals surface area contributed by atoms with Crippen LogP contribution in [0.25, 0.3) is 0 Å². The quantitative estimate of drug-likeness (QED) is 0.871. The number of carbonyl (C=O) groups excluding carboxylic acids is 1. The molecule has 0 spiro atoms. The van der Waals surface area contributed by atoms with E-state index in [0.717, 1.165) is 17.7 Å². The van der Waals surface area contributed by atoms with Gasteiger partial charge in [-0.2, -0.15) is 5.26 Å². The van der Waals surface area contributed by atoms with E-state index in [0.29, 0.717) is 25.2 Å². The standard InChI is InChI=1S/C20H17F2N3O3/c21-14-5-6-15(22)20-19(14)27-16-9-25(10-17(16)28-20)11-18(26)24-8-13-3-1-12(7-23)2-4-13/h1-6,16-17H,8-11H2,(H,24,26)/t16-,17+. The lowest BCUT2D eigenvalue weighted by molar-refractivity contribution is -0.122. The van der Waals surface area contributed by atoms with E-state index in [1.807, 2.05) is 11.0 Å². The van der Waals surface area contributed by atoms with Crippen LogP contribution in [0.5, 0.6) is 11.5 Å². The second-order valence-electron chi connectivity index (χ2n) is 6.78. The van der Waals surface area contributed by atoms with Crippen molar-refractivity contribution in [3.05, 3.63) is 59.2 Å². The van der Waals surface area contributed by atoms with Gasteiger partial charge in [-0.15, -0.1) is 0 Å². The molecule has 0 aliphatic carbocycles. The Morgan fingerprint density at radius 2 is 1.64 bits per heavy atom. The molecule has 2 aliphatic heterocycles. The van der Waals surface area contributed by atoms with Crippen molar-refractivity contribution < 1.29 is 23.0 Å². The summed E-state index contributed by atoms with van der Waals surface area (Å²) in [5.41, 5.74) is 1.44. The maximum absolute atomic E-state index is 13.9. The number of nitrogens with zero attached hydrogens (tertiary/aromatic N) is 2. The number of ether oxygens (including phenoxy) is 2. The summed E-state index contributed by atoms with van der Waals surface area (Å²) in [6, 6.07) is 11.0. The predicted octanol–water partition coefficient (Wildman–Crippen LogP) is 1.98. The summed E-state index contributed by atoms with van der Waals surface area (Å²) >= 11 is 0. The normalized spacial score (nSPS) is 20.3. The van der Waals surface area contributed by atoms with Gasteiger partial charge in [0.05, 0.1) is 18.2 Å². The Kier molecular flexibility index (Phi) is 4.84. The molecule has 2 aliphatic rings. The number of likely N-dealkylation sites (tertiary alicyclic amines) is 1. The molecule has 2 heterocycles. The second kappa shape index (κ2) is 7.44. The molecule has 8 heteroatoms. The van der Waals surface area contributed by atoms with Gasteiger partial charge in [-0.3, -0.25) is 9.69 Å². The number of amides is 1. The first-order valence-corrected chi connectivity index (χ1v) is 8.83. The van der Waals surface area contributed by atoms with Gasteiger partial charge in [0.2, 0.25) is 17.4 Å². The molecule has 4 rings (SSSR count). The van der Waals surface area contributed by atoms with Gasteiger partial charge in [0.25, 0.3) is 0 Å². The number of benzene rings is 2. The average molecular weight is 385 g/mol. The molecule has 0 bridgehead atoms. The summed E-state index contributed by atoms with van der Waals surface area (Å²) in [7, 11) is 0. The maximum atomic E-state index is 13.9. The van der Waals surface area contributed by atoms with Crippen LogP contribution in [0.2, 0.25) is 0 Å². The van der Waals surface area contributed by atoms with Gasteiger partial charge >= 0.3 is 0 Å². The summed E-state index contributed by atoms with van der Waals surface area (Å²) in [5, 5.41) is 11.6. The molecule has 2 aromatic carbocycles. The lowest BCUT2D eigenvalue weighted by Gasteiger charge is -2.28. The largest absolute Gasteiger partial charge is 0.478 e. The monoisotopic (exact) mass is 385 g/mol. The molecule has 1 fully saturated rings. The molecule has 0 aromatic heterocycles. The lowest BCUT2D eigenvalue weighted by atomic mass is 10.1. The molecule has 6 nitrogen and oxygen atoms in total. The number of halogens is 2. The van der Waals surface area contributed by atoms with E-state index in [1.165, 1.54) is 0 Å². The summed E-state index contributed by atoms with van der Waals surface area (Å²) in [4.78, 5) is 14.0. The number of nitrogens with one attached hydrogen (secondary N) is 1. The molecule has 2 aromatic rings. The fourth-order valence-corrected chi connectivity index (χ4v) is 3.37. The highest BCUT2D eigenvalue weighted by Crippen LogP contribution is 2.40. The van der Waals surface area contributed by atoms with Crippen molar-refractivity contribution in [3.8, 4) is 17.6 Å². The van der Waals surface area contributed by atoms with E-state index in [4.69, 9.17) is 14.7 Å². The molecule has 0 saturated carbocycles. The third-order valence-corrected chi connectivity index (χ3v) is 4.79. The van der Waals surface area contributed by atoms with Crippen molar-refractivity contribution in [1.82, 2.24) is 10.2 Å². The molecule has 0 radical (unpaired) electrons. The highest BCUT2D eigenvalue weighted by molar-refractivity contribution is 5.78. The topological polar surface area (TPSA) is 74.6 Å². The molecule has 1 amide bonds. The molecular weight excluding hydrogens is 368 g/mol. The highest BCUT2D eigenvalue weighted by atomic mass is 19.1. The molecule has 2 atom stereocenters. The summed E-state index contributed by atoms with van der Waals surface area (Å²) in [6.45, 7) is 1.23. The zero-order chi connectivity index (χ0) is 19.7. The fraction of sp³-hybridized carbons (Fsp3) is 0.300. The third-order valence-electron chi connectivity index (χ3n) is 4.79. The van der Waals surface area contributed by atoms with Crippen LogP contribution in [0.3, 0.4) is 0 Å². The van der Waals surface area contributed by atoms with Gasteiger partial charge in [0, 0.05) is 19.6 Å². The minimum atomic E-state index is -0.673. The molecular formula is C20H17F2N3O3. The number of rotatable bonds is 4. The van der Waals surface area contributed by atoms with Gasteiger partial charge in [-0.25, -0.2) is 8.78 Å². The van der Waals surface area contributed by atoms with Crippen molar-refractivity contribution in [3.63, 3.8) is 0 Å². The Bertz CT molecular complexity index is 904. The van der Waals surface area contributed by atoms with Crippen molar-refractivity contribution >= 4 is 5.91 Å². The summed E-state index contributed by atoms with van der Waals surface area (Å²) in [5.74, 6) is -1.96. The smallest absolute Gasteiger partial charge is 0.234 e. The SMILES string of the molecule is N#Cc1ccc(CNC(=O)CN2C[C@@H]3Oc4c(F)ccc(F)c4O[C@@H]3C2)cc1. The van der Waals surface area contributed by atoms with Crippen LogP contribution in [0.1, 0.15) is 11.1 Å². The van der Waals surface area contributed by atoms with Crippen LogP contribution in [0, 0.1) is 23.0 Å². The Morgan fingerprint density at radius 3 is 2.18 bits per heavy atom. The van der Waals surface area contributed by atoms with E-state index >= 15 is 0 Å². The third kappa shape index (κ3) is 3.62. The number of fused-ring (bicyclic) bond motifs is 2. The summed E-state index contributed by atoms with van der Waals surface area (Å²) < 4.78 is 38.9. The minimum absolute atomic E-state index is 0.122. The van der Waals surface area contributed by atoms with Gasteiger partial charge in [-0.05, 0) is 29.8 Å². The van der Waals surface area contributed by atoms with E-state index in [1.54, 1.807) is 24.3 Å².